The van der Waals surface area contributed by atoms with Gasteiger partial charge in [-0.15, -0.1) is 0 Å². The van der Waals surface area contributed by atoms with Gasteiger partial charge in [-0.3, -0.25) is 4.79 Å². The molecule has 0 aromatic heterocycles. The van der Waals surface area contributed by atoms with Gasteiger partial charge in [0.1, 0.15) is 5.82 Å². The summed E-state index contributed by atoms with van der Waals surface area (Å²) in [6.45, 7) is 6.32. The molecule has 0 bridgehead atoms. The average molecular weight is 248 g/mol. The van der Waals surface area contributed by atoms with E-state index in [2.05, 4.69) is 13.8 Å². The summed E-state index contributed by atoms with van der Waals surface area (Å²) in [5.74, 6) is -0.109. The normalized spacial score (nSPS) is 19.8. The zero-order chi connectivity index (χ0) is 13.3. The van der Waals surface area contributed by atoms with Gasteiger partial charge in [-0.05, 0) is 61.8 Å². The van der Waals surface area contributed by atoms with Crippen LogP contribution in [0.4, 0.5) is 4.39 Å². The van der Waals surface area contributed by atoms with E-state index in [-0.39, 0.29) is 17.5 Å². The standard InChI is InChI=1S/C16H21FO/c1-11-8-13(10-14(17)9-11)15(18)12-4-6-16(2,3)7-5-12/h8-10,12H,4-7H2,1-3H3. The van der Waals surface area contributed by atoms with E-state index in [4.69, 9.17) is 0 Å². The maximum atomic E-state index is 13.3. The van der Waals surface area contributed by atoms with Gasteiger partial charge < -0.3 is 0 Å². The van der Waals surface area contributed by atoms with Crippen LogP contribution < -0.4 is 0 Å². The summed E-state index contributed by atoms with van der Waals surface area (Å²) in [5.41, 5.74) is 1.71. The molecule has 1 aliphatic carbocycles. The van der Waals surface area contributed by atoms with Crippen molar-refractivity contribution in [3.63, 3.8) is 0 Å². The smallest absolute Gasteiger partial charge is 0.166 e. The Morgan fingerprint density at radius 3 is 2.39 bits per heavy atom. The SMILES string of the molecule is Cc1cc(F)cc(C(=O)C2CCC(C)(C)CC2)c1. The minimum Gasteiger partial charge on any atom is -0.294 e. The lowest BCUT2D eigenvalue weighted by Crippen LogP contribution is -2.26. The largest absolute Gasteiger partial charge is 0.294 e. The third-order valence-electron chi connectivity index (χ3n) is 4.04. The molecule has 18 heavy (non-hydrogen) atoms. The summed E-state index contributed by atoms with van der Waals surface area (Å²) in [7, 11) is 0. The number of benzene rings is 1. The molecule has 2 heteroatoms. The molecule has 98 valence electrons. The molecule has 1 saturated carbocycles. The molecule has 0 unspecified atom stereocenters. The molecule has 1 aromatic rings. The van der Waals surface area contributed by atoms with Crippen molar-refractivity contribution in [2.24, 2.45) is 11.3 Å². The molecule has 1 nitrogen and oxygen atoms in total. The van der Waals surface area contributed by atoms with Crippen LogP contribution in [0.15, 0.2) is 18.2 Å². The first-order valence-electron chi connectivity index (χ1n) is 6.69. The van der Waals surface area contributed by atoms with Crippen LogP contribution >= 0.6 is 0 Å². The van der Waals surface area contributed by atoms with Crippen LogP contribution in [0.3, 0.4) is 0 Å². The summed E-state index contributed by atoms with van der Waals surface area (Å²) in [4.78, 5) is 12.3. The number of ketones is 1. The van der Waals surface area contributed by atoms with E-state index in [0.717, 1.165) is 31.2 Å². The van der Waals surface area contributed by atoms with Gasteiger partial charge in [-0.1, -0.05) is 13.8 Å². The van der Waals surface area contributed by atoms with Crippen molar-refractivity contribution in [2.45, 2.75) is 46.5 Å². The van der Waals surface area contributed by atoms with E-state index >= 15 is 0 Å². The van der Waals surface area contributed by atoms with Crippen LogP contribution in [0, 0.1) is 24.1 Å². The van der Waals surface area contributed by atoms with Crippen molar-refractivity contribution >= 4 is 5.78 Å². The number of Topliss-reactive ketones (excluding diaryl/α,β-unsaturated/α-hetero) is 1. The molecule has 0 atom stereocenters. The zero-order valence-electron chi connectivity index (χ0n) is 11.4. The highest BCUT2D eigenvalue weighted by molar-refractivity contribution is 5.98. The molecule has 0 heterocycles. The lowest BCUT2D eigenvalue weighted by Gasteiger charge is -2.33. The summed E-state index contributed by atoms with van der Waals surface area (Å²) < 4.78 is 13.3. The van der Waals surface area contributed by atoms with Gasteiger partial charge in [0, 0.05) is 11.5 Å². The first kappa shape index (κ1) is 13.3. The maximum Gasteiger partial charge on any atom is 0.166 e. The van der Waals surface area contributed by atoms with Crippen LogP contribution in [0.1, 0.15) is 55.5 Å². The number of rotatable bonds is 2. The predicted molar refractivity (Wildman–Crippen MR) is 71.2 cm³/mol. The molecule has 2 rings (SSSR count). The van der Waals surface area contributed by atoms with Gasteiger partial charge in [0.15, 0.2) is 5.78 Å². The minimum absolute atomic E-state index is 0.0826. The maximum absolute atomic E-state index is 13.3. The highest BCUT2D eigenvalue weighted by atomic mass is 19.1. The van der Waals surface area contributed by atoms with Crippen molar-refractivity contribution in [3.05, 3.63) is 35.1 Å². The second-order valence-electron chi connectivity index (χ2n) is 6.32. The lowest BCUT2D eigenvalue weighted by molar-refractivity contribution is 0.0837. The topological polar surface area (TPSA) is 17.1 Å². The molecule has 0 amide bonds. The van der Waals surface area contributed by atoms with Crippen LogP contribution in [0.25, 0.3) is 0 Å². The molecule has 0 spiro atoms. The van der Waals surface area contributed by atoms with E-state index in [1.807, 2.05) is 6.92 Å². The van der Waals surface area contributed by atoms with Crippen LogP contribution in [-0.4, -0.2) is 5.78 Å². The molecule has 0 N–H and O–H groups in total. The molecule has 1 aliphatic rings. The van der Waals surface area contributed by atoms with E-state index in [1.165, 1.54) is 12.1 Å². The molecule has 1 aromatic carbocycles. The van der Waals surface area contributed by atoms with Gasteiger partial charge in [0.05, 0.1) is 0 Å². The number of carbonyl (C=O) groups excluding carboxylic acids is 1. The van der Waals surface area contributed by atoms with Crippen molar-refractivity contribution in [1.82, 2.24) is 0 Å². The summed E-state index contributed by atoms with van der Waals surface area (Å²) in [6.07, 6.45) is 4.03. The average Bonchev–Trinajstić information content (AvgIpc) is 2.27. The molecular weight excluding hydrogens is 227 g/mol. The van der Waals surface area contributed by atoms with Gasteiger partial charge >= 0.3 is 0 Å². The Bertz CT molecular complexity index is 432. The Hall–Kier alpha value is -1.18. The monoisotopic (exact) mass is 248 g/mol. The Labute approximate surface area is 108 Å². The number of hydrogen-bond acceptors (Lipinski definition) is 1. The van der Waals surface area contributed by atoms with Gasteiger partial charge in [-0.2, -0.15) is 0 Å². The molecule has 0 aliphatic heterocycles. The Morgan fingerprint density at radius 1 is 1.22 bits per heavy atom. The number of hydrogen-bond donors (Lipinski definition) is 0. The predicted octanol–water partition coefficient (Wildman–Crippen LogP) is 4.53. The highest BCUT2D eigenvalue weighted by Gasteiger charge is 2.31. The highest BCUT2D eigenvalue weighted by Crippen LogP contribution is 2.39. The van der Waals surface area contributed by atoms with Crippen molar-refractivity contribution in [2.75, 3.05) is 0 Å². The Morgan fingerprint density at radius 2 is 1.83 bits per heavy atom. The van der Waals surface area contributed by atoms with E-state index in [0.29, 0.717) is 11.0 Å². The second kappa shape index (κ2) is 4.83. The summed E-state index contributed by atoms with van der Waals surface area (Å²) in [6, 6.07) is 4.63. The van der Waals surface area contributed by atoms with Crippen molar-refractivity contribution in [3.8, 4) is 0 Å². The first-order valence-corrected chi connectivity index (χ1v) is 6.69. The van der Waals surface area contributed by atoms with E-state index in [9.17, 15) is 9.18 Å². The second-order valence-corrected chi connectivity index (χ2v) is 6.32. The first-order chi connectivity index (χ1) is 8.37. The van der Waals surface area contributed by atoms with Crippen molar-refractivity contribution < 1.29 is 9.18 Å². The summed E-state index contributed by atoms with van der Waals surface area (Å²) >= 11 is 0. The summed E-state index contributed by atoms with van der Waals surface area (Å²) in [5, 5.41) is 0. The van der Waals surface area contributed by atoms with Crippen molar-refractivity contribution in [1.29, 1.82) is 0 Å². The third kappa shape index (κ3) is 2.98. The van der Waals surface area contributed by atoms with Crippen LogP contribution in [0.5, 0.6) is 0 Å². The molecule has 0 saturated heterocycles. The fraction of sp³-hybridized carbons (Fsp3) is 0.562. The van der Waals surface area contributed by atoms with Gasteiger partial charge in [0.25, 0.3) is 0 Å². The lowest BCUT2D eigenvalue weighted by atomic mass is 9.71. The minimum atomic E-state index is -0.311. The fourth-order valence-electron chi connectivity index (χ4n) is 2.78. The molecule has 1 fully saturated rings. The Balaban J connectivity index is 2.12. The van der Waals surface area contributed by atoms with Crippen LogP contribution in [-0.2, 0) is 0 Å². The van der Waals surface area contributed by atoms with Crippen LogP contribution in [0.2, 0.25) is 0 Å². The quantitative estimate of drug-likeness (QED) is 0.702. The van der Waals surface area contributed by atoms with Gasteiger partial charge in [-0.25, -0.2) is 4.39 Å². The fourth-order valence-corrected chi connectivity index (χ4v) is 2.78. The molecular formula is C16H21FO. The third-order valence-corrected chi connectivity index (χ3v) is 4.04. The van der Waals surface area contributed by atoms with E-state index in [1.54, 1.807) is 6.07 Å². The number of halogens is 1. The Kier molecular flexibility index (Phi) is 3.56. The number of aryl methyl sites for hydroxylation is 1. The number of carbonyl (C=O) groups is 1. The molecule has 0 radical (unpaired) electrons. The van der Waals surface area contributed by atoms with E-state index < -0.39 is 0 Å². The van der Waals surface area contributed by atoms with Gasteiger partial charge in [0.2, 0.25) is 0 Å². The zero-order valence-corrected chi connectivity index (χ0v) is 11.4.